The van der Waals surface area contributed by atoms with Gasteiger partial charge in [0.1, 0.15) is 5.75 Å². The van der Waals surface area contributed by atoms with E-state index in [1.807, 2.05) is 0 Å². The van der Waals surface area contributed by atoms with Gasteiger partial charge in [0.05, 0.1) is 11.5 Å². The second-order valence-corrected chi connectivity index (χ2v) is 3.55. The number of carboxylic acids is 1. The van der Waals surface area contributed by atoms with Crippen molar-refractivity contribution in [3.05, 3.63) is 33.9 Å². The van der Waals surface area contributed by atoms with Gasteiger partial charge in [0.2, 0.25) is 0 Å². The standard InChI is InChI=1S/C11H13NO5/c1-8-7-9(12(15)16)4-5-10(8)17-6-2-3-11(13)14/h4-5,7H,2-3,6H2,1H3,(H,13,14). The first-order valence-corrected chi connectivity index (χ1v) is 5.10. The molecule has 0 aromatic heterocycles. The van der Waals surface area contributed by atoms with Gasteiger partial charge in [0.25, 0.3) is 5.69 Å². The molecule has 0 saturated heterocycles. The van der Waals surface area contributed by atoms with Crippen LogP contribution in [0.4, 0.5) is 5.69 Å². The average molecular weight is 239 g/mol. The molecule has 0 aliphatic rings. The van der Waals surface area contributed by atoms with Crippen molar-refractivity contribution in [1.82, 2.24) is 0 Å². The van der Waals surface area contributed by atoms with Crippen molar-refractivity contribution in [3.8, 4) is 5.75 Å². The molecule has 0 bridgehead atoms. The van der Waals surface area contributed by atoms with Crippen molar-refractivity contribution in [1.29, 1.82) is 0 Å². The third kappa shape index (κ3) is 4.10. The van der Waals surface area contributed by atoms with Crippen molar-refractivity contribution in [2.75, 3.05) is 6.61 Å². The summed E-state index contributed by atoms with van der Waals surface area (Å²) in [7, 11) is 0. The molecule has 92 valence electrons. The molecule has 1 rings (SSSR count). The second-order valence-electron chi connectivity index (χ2n) is 3.55. The molecule has 0 amide bonds. The van der Waals surface area contributed by atoms with E-state index in [0.717, 1.165) is 0 Å². The number of rotatable bonds is 6. The van der Waals surface area contributed by atoms with Crippen molar-refractivity contribution in [3.63, 3.8) is 0 Å². The Morgan fingerprint density at radius 2 is 2.24 bits per heavy atom. The fourth-order valence-electron chi connectivity index (χ4n) is 1.31. The number of aliphatic carboxylic acids is 1. The smallest absolute Gasteiger partial charge is 0.303 e. The lowest BCUT2D eigenvalue weighted by molar-refractivity contribution is -0.384. The van der Waals surface area contributed by atoms with Gasteiger partial charge in [-0.25, -0.2) is 0 Å². The van der Waals surface area contributed by atoms with Crippen LogP contribution in [0.5, 0.6) is 5.75 Å². The lowest BCUT2D eigenvalue weighted by Gasteiger charge is -2.07. The molecule has 0 atom stereocenters. The maximum atomic E-state index is 10.5. The Bertz CT molecular complexity index is 430. The molecular formula is C11H13NO5. The number of aryl methyl sites for hydroxylation is 1. The van der Waals surface area contributed by atoms with Gasteiger partial charge in [-0.1, -0.05) is 0 Å². The number of nitro benzene ring substituents is 1. The molecule has 0 radical (unpaired) electrons. The number of hydrogen-bond donors (Lipinski definition) is 1. The number of nitro groups is 1. The van der Waals surface area contributed by atoms with Crippen LogP contribution in [0.25, 0.3) is 0 Å². The summed E-state index contributed by atoms with van der Waals surface area (Å²) in [4.78, 5) is 20.3. The summed E-state index contributed by atoms with van der Waals surface area (Å²) >= 11 is 0. The van der Waals surface area contributed by atoms with E-state index in [0.29, 0.717) is 17.7 Å². The van der Waals surface area contributed by atoms with Gasteiger partial charge in [-0.3, -0.25) is 14.9 Å². The largest absolute Gasteiger partial charge is 0.493 e. The van der Waals surface area contributed by atoms with Crippen LogP contribution in [-0.4, -0.2) is 22.6 Å². The zero-order valence-electron chi connectivity index (χ0n) is 9.38. The zero-order valence-corrected chi connectivity index (χ0v) is 9.38. The van der Waals surface area contributed by atoms with Crippen molar-refractivity contribution in [2.45, 2.75) is 19.8 Å². The minimum absolute atomic E-state index is 0.0142. The van der Waals surface area contributed by atoms with Crippen LogP contribution in [0.3, 0.4) is 0 Å². The Morgan fingerprint density at radius 1 is 1.53 bits per heavy atom. The molecule has 6 nitrogen and oxygen atoms in total. The first-order valence-electron chi connectivity index (χ1n) is 5.10. The van der Waals surface area contributed by atoms with Crippen LogP contribution >= 0.6 is 0 Å². The van der Waals surface area contributed by atoms with E-state index in [2.05, 4.69) is 0 Å². The Kier molecular flexibility index (Phi) is 4.45. The summed E-state index contributed by atoms with van der Waals surface area (Å²) in [5, 5.41) is 18.9. The van der Waals surface area contributed by atoms with Gasteiger partial charge in [-0.05, 0) is 25.0 Å². The van der Waals surface area contributed by atoms with Crippen LogP contribution in [0.2, 0.25) is 0 Å². The molecular weight excluding hydrogens is 226 g/mol. The zero-order chi connectivity index (χ0) is 12.8. The molecule has 1 N–H and O–H groups in total. The molecule has 0 unspecified atom stereocenters. The van der Waals surface area contributed by atoms with Crippen LogP contribution < -0.4 is 4.74 Å². The number of non-ortho nitro benzene ring substituents is 1. The summed E-state index contributed by atoms with van der Waals surface area (Å²) in [6.45, 7) is 1.99. The van der Waals surface area contributed by atoms with E-state index in [-0.39, 0.29) is 18.7 Å². The van der Waals surface area contributed by atoms with E-state index in [9.17, 15) is 14.9 Å². The van der Waals surface area contributed by atoms with Crippen molar-refractivity contribution < 1.29 is 19.6 Å². The van der Waals surface area contributed by atoms with Crippen LogP contribution in [-0.2, 0) is 4.79 Å². The van der Waals surface area contributed by atoms with E-state index in [4.69, 9.17) is 9.84 Å². The molecule has 0 fully saturated rings. The average Bonchev–Trinajstić information content (AvgIpc) is 2.25. The minimum atomic E-state index is -0.867. The van der Waals surface area contributed by atoms with Crippen molar-refractivity contribution in [2.24, 2.45) is 0 Å². The van der Waals surface area contributed by atoms with E-state index < -0.39 is 10.9 Å². The van der Waals surface area contributed by atoms with Gasteiger partial charge in [0.15, 0.2) is 0 Å². The topological polar surface area (TPSA) is 89.7 Å². The summed E-state index contributed by atoms with van der Waals surface area (Å²) < 4.78 is 5.34. The van der Waals surface area contributed by atoms with Gasteiger partial charge in [-0.15, -0.1) is 0 Å². The number of nitrogens with zero attached hydrogens (tertiary/aromatic N) is 1. The Balaban J connectivity index is 2.54. The van der Waals surface area contributed by atoms with Crippen LogP contribution in [0.1, 0.15) is 18.4 Å². The van der Waals surface area contributed by atoms with Crippen LogP contribution in [0.15, 0.2) is 18.2 Å². The molecule has 0 aliphatic carbocycles. The number of carbonyl (C=O) groups is 1. The number of carboxylic acid groups (broad SMARTS) is 1. The summed E-state index contributed by atoms with van der Waals surface area (Å²) in [6, 6.07) is 4.31. The number of ether oxygens (including phenoxy) is 1. The SMILES string of the molecule is Cc1cc([N+](=O)[O-])ccc1OCCCC(=O)O. The highest BCUT2D eigenvalue weighted by molar-refractivity contribution is 5.66. The first-order chi connectivity index (χ1) is 8.00. The molecule has 6 heteroatoms. The normalized spacial score (nSPS) is 9.94. The Labute approximate surface area is 98.0 Å². The van der Waals surface area contributed by atoms with Crippen molar-refractivity contribution >= 4 is 11.7 Å². The number of benzene rings is 1. The predicted octanol–water partition coefficient (Wildman–Crippen LogP) is 2.15. The van der Waals surface area contributed by atoms with E-state index >= 15 is 0 Å². The highest BCUT2D eigenvalue weighted by Gasteiger charge is 2.08. The highest BCUT2D eigenvalue weighted by atomic mass is 16.6. The van der Waals surface area contributed by atoms with Gasteiger partial charge >= 0.3 is 5.97 Å². The first kappa shape index (κ1) is 13.0. The van der Waals surface area contributed by atoms with Gasteiger partial charge < -0.3 is 9.84 Å². The fraction of sp³-hybridized carbons (Fsp3) is 0.364. The highest BCUT2D eigenvalue weighted by Crippen LogP contribution is 2.23. The molecule has 1 aromatic carbocycles. The lowest BCUT2D eigenvalue weighted by atomic mass is 10.2. The molecule has 1 aromatic rings. The molecule has 0 spiro atoms. The summed E-state index contributed by atoms with van der Waals surface area (Å²) in [5.41, 5.74) is 0.676. The fourth-order valence-corrected chi connectivity index (χ4v) is 1.31. The van der Waals surface area contributed by atoms with E-state index in [1.165, 1.54) is 18.2 Å². The molecule has 17 heavy (non-hydrogen) atoms. The second kappa shape index (κ2) is 5.83. The minimum Gasteiger partial charge on any atom is -0.493 e. The summed E-state index contributed by atoms with van der Waals surface area (Å²) in [6.07, 6.45) is 0.456. The van der Waals surface area contributed by atoms with E-state index in [1.54, 1.807) is 6.92 Å². The van der Waals surface area contributed by atoms with Gasteiger partial charge in [0, 0.05) is 18.6 Å². The molecule has 0 saturated carbocycles. The Hall–Kier alpha value is -2.11. The molecule has 0 aliphatic heterocycles. The molecule has 0 heterocycles. The monoisotopic (exact) mass is 239 g/mol. The maximum absolute atomic E-state index is 10.5. The lowest BCUT2D eigenvalue weighted by Crippen LogP contribution is -2.03. The predicted molar refractivity (Wildman–Crippen MR) is 60.2 cm³/mol. The third-order valence-corrected chi connectivity index (χ3v) is 2.16. The van der Waals surface area contributed by atoms with Gasteiger partial charge in [-0.2, -0.15) is 0 Å². The quantitative estimate of drug-likeness (QED) is 0.466. The van der Waals surface area contributed by atoms with Crippen LogP contribution in [0, 0.1) is 17.0 Å². The third-order valence-electron chi connectivity index (χ3n) is 2.16. The summed E-state index contributed by atoms with van der Waals surface area (Å²) in [5.74, 6) is -0.324. The Morgan fingerprint density at radius 3 is 2.76 bits per heavy atom. The number of hydrogen-bond acceptors (Lipinski definition) is 4. The maximum Gasteiger partial charge on any atom is 0.303 e.